The molecule has 100 valence electrons. The monoisotopic (exact) mass is 298 g/mol. The van der Waals surface area contributed by atoms with Crippen molar-refractivity contribution in [2.75, 3.05) is 5.32 Å². The van der Waals surface area contributed by atoms with Crippen molar-refractivity contribution in [3.05, 3.63) is 45.6 Å². The lowest BCUT2D eigenvalue weighted by molar-refractivity contribution is -0.115. The van der Waals surface area contributed by atoms with Crippen LogP contribution in [0.15, 0.2) is 22.6 Å². The zero-order valence-electron chi connectivity index (χ0n) is 10.5. The van der Waals surface area contributed by atoms with E-state index in [0.29, 0.717) is 33.1 Å². The summed E-state index contributed by atoms with van der Waals surface area (Å²) in [5.41, 5.74) is 1.19. The standard InChI is InChI=1S/C13H12Cl2N2O2/c1-7-12(19-8(2)16-7)6-13(18)17-11-5-9(14)3-4-10(11)15/h3-5H,6H2,1-2H3,(H,17,18). The first kappa shape index (κ1) is 13.9. The second kappa shape index (κ2) is 5.63. The normalized spacial score (nSPS) is 10.5. The molecule has 0 spiro atoms. The highest BCUT2D eigenvalue weighted by Crippen LogP contribution is 2.25. The van der Waals surface area contributed by atoms with Gasteiger partial charge in [0.05, 0.1) is 22.8 Å². The van der Waals surface area contributed by atoms with Gasteiger partial charge in [0, 0.05) is 11.9 Å². The van der Waals surface area contributed by atoms with E-state index >= 15 is 0 Å². The van der Waals surface area contributed by atoms with Crippen LogP contribution < -0.4 is 5.32 Å². The van der Waals surface area contributed by atoms with Gasteiger partial charge >= 0.3 is 0 Å². The van der Waals surface area contributed by atoms with Crippen LogP contribution in [0.1, 0.15) is 17.3 Å². The minimum Gasteiger partial charge on any atom is -0.445 e. The van der Waals surface area contributed by atoms with Crippen LogP contribution in [-0.2, 0) is 11.2 Å². The fraction of sp³-hybridized carbons (Fsp3) is 0.231. The molecule has 1 amide bonds. The SMILES string of the molecule is Cc1nc(C)c(CC(=O)Nc2cc(Cl)ccc2Cl)o1. The summed E-state index contributed by atoms with van der Waals surface area (Å²) >= 11 is 11.8. The average Bonchev–Trinajstić information content (AvgIpc) is 2.62. The Hall–Kier alpha value is -1.52. The molecular weight excluding hydrogens is 287 g/mol. The van der Waals surface area contributed by atoms with Gasteiger partial charge in [-0.25, -0.2) is 4.98 Å². The fourth-order valence-corrected chi connectivity index (χ4v) is 2.01. The first-order valence-electron chi connectivity index (χ1n) is 5.63. The topological polar surface area (TPSA) is 55.1 Å². The molecule has 2 rings (SSSR count). The van der Waals surface area contributed by atoms with Crippen LogP contribution in [0.5, 0.6) is 0 Å². The average molecular weight is 299 g/mol. The number of anilines is 1. The predicted octanol–water partition coefficient (Wildman–Crippen LogP) is 3.78. The van der Waals surface area contributed by atoms with E-state index in [1.54, 1.807) is 32.0 Å². The quantitative estimate of drug-likeness (QED) is 0.938. The van der Waals surface area contributed by atoms with Gasteiger partial charge in [0.2, 0.25) is 5.91 Å². The minimum absolute atomic E-state index is 0.107. The Bertz CT molecular complexity index is 623. The van der Waals surface area contributed by atoms with Crippen molar-refractivity contribution < 1.29 is 9.21 Å². The largest absolute Gasteiger partial charge is 0.445 e. The molecule has 2 aromatic rings. The van der Waals surface area contributed by atoms with Crippen molar-refractivity contribution in [2.45, 2.75) is 20.3 Å². The second-order valence-corrected chi connectivity index (χ2v) is 4.93. The van der Waals surface area contributed by atoms with Gasteiger partial charge in [0.15, 0.2) is 5.89 Å². The Labute approximate surface area is 120 Å². The predicted molar refractivity (Wildman–Crippen MR) is 74.8 cm³/mol. The second-order valence-electron chi connectivity index (χ2n) is 4.09. The van der Waals surface area contributed by atoms with Gasteiger partial charge in [-0.05, 0) is 25.1 Å². The lowest BCUT2D eigenvalue weighted by Gasteiger charge is -2.06. The molecular formula is C13H12Cl2N2O2. The number of oxazole rings is 1. The third kappa shape index (κ3) is 3.49. The fourth-order valence-electron chi connectivity index (χ4n) is 1.67. The maximum Gasteiger partial charge on any atom is 0.232 e. The van der Waals surface area contributed by atoms with E-state index < -0.39 is 0 Å². The Morgan fingerprint density at radius 3 is 2.74 bits per heavy atom. The Morgan fingerprint density at radius 1 is 1.37 bits per heavy atom. The number of amides is 1. The third-order valence-corrected chi connectivity index (χ3v) is 3.09. The van der Waals surface area contributed by atoms with Gasteiger partial charge in [0.1, 0.15) is 5.76 Å². The van der Waals surface area contributed by atoms with E-state index in [-0.39, 0.29) is 12.3 Å². The molecule has 1 aromatic heterocycles. The van der Waals surface area contributed by atoms with Gasteiger partial charge in [0.25, 0.3) is 0 Å². The zero-order valence-corrected chi connectivity index (χ0v) is 12.0. The number of hydrogen-bond acceptors (Lipinski definition) is 3. The van der Waals surface area contributed by atoms with E-state index in [1.807, 2.05) is 0 Å². The molecule has 0 bridgehead atoms. The number of carbonyl (C=O) groups excluding carboxylic acids is 1. The molecule has 0 saturated heterocycles. The van der Waals surface area contributed by atoms with Crippen molar-refractivity contribution in [3.63, 3.8) is 0 Å². The summed E-state index contributed by atoms with van der Waals surface area (Å²) in [6, 6.07) is 4.88. The Balaban J connectivity index is 2.09. The van der Waals surface area contributed by atoms with Crippen LogP contribution >= 0.6 is 23.2 Å². The van der Waals surface area contributed by atoms with Crippen molar-refractivity contribution in [3.8, 4) is 0 Å². The first-order chi connectivity index (χ1) is 8.95. The number of nitrogens with one attached hydrogen (secondary N) is 1. The number of aromatic nitrogens is 1. The van der Waals surface area contributed by atoms with Crippen molar-refractivity contribution in [1.29, 1.82) is 0 Å². The molecule has 1 heterocycles. The van der Waals surface area contributed by atoms with Crippen molar-refractivity contribution in [1.82, 2.24) is 4.98 Å². The molecule has 0 saturated carbocycles. The summed E-state index contributed by atoms with van der Waals surface area (Å²) in [6.07, 6.45) is 0.107. The van der Waals surface area contributed by atoms with Crippen molar-refractivity contribution in [2.24, 2.45) is 0 Å². The highest BCUT2D eigenvalue weighted by atomic mass is 35.5. The smallest absolute Gasteiger partial charge is 0.232 e. The molecule has 6 heteroatoms. The van der Waals surface area contributed by atoms with E-state index in [9.17, 15) is 4.79 Å². The number of benzene rings is 1. The highest BCUT2D eigenvalue weighted by molar-refractivity contribution is 6.35. The number of carbonyl (C=O) groups is 1. The van der Waals surface area contributed by atoms with Gasteiger partial charge in [-0.3, -0.25) is 4.79 Å². The molecule has 0 aliphatic heterocycles. The lowest BCUT2D eigenvalue weighted by atomic mass is 10.2. The van der Waals surface area contributed by atoms with E-state index in [1.165, 1.54) is 0 Å². The summed E-state index contributed by atoms with van der Waals surface area (Å²) in [6.45, 7) is 3.54. The molecule has 0 aliphatic rings. The summed E-state index contributed by atoms with van der Waals surface area (Å²) in [4.78, 5) is 16.0. The third-order valence-electron chi connectivity index (χ3n) is 2.52. The van der Waals surface area contributed by atoms with E-state index in [0.717, 1.165) is 0 Å². The minimum atomic E-state index is -0.233. The zero-order chi connectivity index (χ0) is 14.0. The Kier molecular flexibility index (Phi) is 4.12. The molecule has 0 radical (unpaired) electrons. The van der Waals surface area contributed by atoms with E-state index in [4.69, 9.17) is 27.6 Å². The van der Waals surface area contributed by atoms with Crippen LogP contribution in [0.4, 0.5) is 5.69 Å². The molecule has 0 atom stereocenters. The van der Waals surface area contributed by atoms with Crippen LogP contribution in [0.2, 0.25) is 10.0 Å². The van der Waals surface area contributed by atoms with Gasteiger partial charge in [-0.2, -0.15) is 0 Å². The van der Waals surface area contributed by atoms with Crippen molar-refractivity contribution >= 4 is 34.8 Å². The number of rotatable bonds is 3. The molecule has 1 aromatic carbocycles. The number of halogens is 2. The highest BCUT2D eigenvalue weighted by Gasteiger charge is 2.13. The molecule has 1 N–H and O–H groups in total. The molecule has 0 aliphatic carbocycles. The molecule has 0 fully saturated rings. The van der Waals surface area contributed by atoms with Crippen LogP contribution in [0.25, 0.3) is 0 Å². The van der Waals surface area contributed by atoms with Crippen LogP contribution in [0.3, 0.4) is 0 Å². The van der Waals surface area contributed by atoms with Crippen LogP contribution in [0, 0.1) is 13.8 Å². The maximum absolute atomic E-state index is 11.9. The van der Waals surface area contributed by atoms with E-state index in [2.05, 4.69) is 10.3 Å². The summed E-state index contributed by atoms with van der Waals surface area (Å²) in [5.74, 6) is 0.859. The number of aryl methyl sites for hydroxylation is 2. The lowest BCUT2D eigenvalue weighted by Crippen LogP contribution is -2.14. The summed E-state index contributed by atoms with van der Waals surface area (Å²) < 4.78 is 5.35. The van der Waals surface area contributed by atoms with Gasteiger partial charge in [-0.1, -0.05) is 23.2 Å². The summed E-state index contributed by atoms with van der Waals surface area (Å²) in [7, 11) is 0. The maximum atomic E-state index is 11.9. The Morgan fingerprint density at radius 2 is 2.11 bits per heavy atom. The van der Waals surface area contributed by atoms with Gasteiger partial charge < -0.3 is 9.73 Å². The van der Waals surface area contributed by atoms with Gasteiger partial charge in [-0.15, -0.1) is 0 Å². The van der Waals surface area contributed by atoms with Crippen LogP contribution in [-0.4, -0.2) is 10.9 Å². The number of nitrogens with zero attached hydrogens (tertiary/aromatic N) is 1. The molecule has 4 nitrogen and oxygen atoms in total. The first-order valence-corrected chi connectivity index (χ1v) is 6.39. The molecule has 19 heavy (non-hydrogen) atoms. The molecule has 0 unspecified atom stereocenters. The summed E-state index contributed by atoms with van der Waals surface area (Å²) in [5, 5.41) is 3.63. The number of hydrogen-bond donors (Lipinski definition) is 1.